The van der Waals surface area contributed by atoms with E-state index >= 15 is 0 Å². The summed E-state index contributed by atoms with van der Waals surface area (Å²) in [5, 5.41) is 3.34. The zero-order valence-corrected chi connectivity index (χ0v) is 16.6. The van der Waals surface area contributed by atoms with E-state index in [9.17, 15) is 9.59 Å². The lowest BCUT2D eigenvalue weighted by Gasteiger charge is -2.20. The minimum atomic E-state index is -0.481. The Morgan fingerprint density at radius 1 is 1.11 bits per heavy atom. The molecule has 1 N–H and O–H groups in total. The fraction of sp³-hybridized carbons (Fsp3) is 0.300. The second-order valence-corrected chi connectivity index (χ2v) is 6.72. The molecule has 3 rings (SSSR count). The Kier molecular flexibility index (Phi) is 5.94. The lowest BCUT2D eigenvalue weighted by molar-refractivity contribution is -0.122. The summed E-state index contributed by atoms with van der Waals surface area (Å²) in [6, 6.07) is 10.3. The molecular weight excluding hydrogens is 384 g/mol. The Hall–Kier alpha value is -2.93. The van der Waals surface area contributed by atoms with Gasteiger partial charge in [0.1, 0.15) is 0 Å². The zero-order chi connectivity index (χ0) is 20.3. The molecule has 0 bridgehead atoms. The van der Waals surface area contributed by atoms with E-state index in [2.05, 4.69) is 5.32 Å². The van der Waals surface area contributed by atoms with Gasteiger partial charge in [0.2, 0.25) is 17.6 Å². The van der Waals surface area contributed by atoms with Gasteiger partial charge < -0.3 is 24.4 Å². The normalized spacial score (nSPS) is 16.1. The Morgan fingerprint density at radius 3 is 2.36 bits per heavy atom. The number of hydrogen-bond acceptors (Lipinski definition) is 5. The average molecular weight is 405 g/mol. The molecule has 1 heterocycles. The Bertz CT molecular complexity index is 877. The third-order valence-corrected chi connectivity index (χ3v) is 4.78. The first-order valence-electron chi connectivity index (χ1n) is 8.63. The number of nitrogens with zero attached hydrogens (tertiary/aromatic N) is 1. The zero-order valence-electron chi connectivity index (χ0n) is 15.8. The summed E-state index contributed by atoms with van der Waals surface area (Å²) in [7, 11) is 4.53. The highest BCUT2D eigenvalue weighted by molar-refractivity contribution is 6.30. The number of benzene rings is 2. The first-order chi connectivity index (χ1) is 13.5. The molecule has 2 aromatic carbocycles. The van der Waals surface area contributed by atoms with Gasteiger partial charge in [-0.05, 0) is 18.2 Å². The predicted molar refractivity (Wildman–Crippen MR) is 107 cm³/mol. The van der Waals surface area contributed by atoms with Crippen LogP contribution < -0.4 is 24.4 Å². The van der Waals surface area contributed by atoms with Crippen LogP contribution >= 0.6 is 11.6 Å². The second kappa shape index (κ2) is 8.39. The van der Waals surface area contributed by atoms with E-state index in [4.69, 9.17) is 25.8 Å². The van der Waals surface area contributed by atoms with E-state index in [1.807, 2.05) is 0 Å². The fourth-order valence-electron chi connectivity index (χ4n) is 3.17. The van der Waals surface area contributed by atoms with Gasteiger partial charge in [-0.2, -0.15) is 0 Å². The number of carbonyl (C=O) groups excluding carboxylic acids is 2. The molecule has 1 saturated heterocycles. The first-order valence-corrected chi connectivity index (χ1v) is 9.01. The monoisotopic (exact) mass is 404 g/mol. The van der Waals surface area contributed by atoms with Gasteiger partial charge in [0.15, 0.2) is 11.5 Å². The van der Waals surface area contributed by atoms with Crippen molar-refractivity contribution in [1.82, 2.24) is 0 Å². The summed E-state index contributed by atoms with van der Waals surface area (Å²) in [5.74, 6) is 0.459. The van der Waals surface area contributed by atoms with Crippen molar-refractivity contribution in [3.63, 3.8) is 0 Å². The molecular formula is C20H21ClN2O5. The van der Waals surface area contributed by atoms with Crippen LogP contribution in [0.1, 0.15) is 6.42 Å². The summed E-state index contributed by atoms with van der Waals surface area (Å²) in [5.41, 5.74) is 1.17. The Balaban J connectivity index is 1.80. The smallest absolute Gasteiger partial charge is 0.229 e. The van der Waals surface area contributed by atoms with Crippen molar-refractivity contribution in [1.29, 1.82) is 0 Å². The molecule has 2 aromatic rings. The van der Waals surface area contributed by atoms with Crippen molar-refractivity contribution in [3.05, 3.63) is 41.4 Å². The van der Waals surface area contributed by atoms with Crippen LogP contribution in [0.15, 0.2) is 36.4 Å². The molecule has 0 spiro atoms. The molecule has 0 aromatic heterocycles. The highest BCUT2D eigenvalue weighted by atomic mass is 35.5. The van der Waals surface area contributed by atoms with E-state index in [0.717, 1.165) is 0 Å². The van der Waals surface area contributed by atoms with Crippen molar-refractivity contribution in [2.75, 3.05) is 38.1 Å². The highest BCUT2D eigenvalue weighted by Gasteiger charge is 2.36. The SMILES string of the molecule is COc1cc(N2C[C@@H](C(=O)Nc3cccc(Cl)c3)CC2=O)cc(OC)c1OC. The van der Waals surface area contributed by atoms with Gasteiger partial charge in [0, 0.05) is 35.8 Å². The van der Waals surface area contributed by atoms with Gasteiger partial charge in [-0.15, -0.1) is 0 Å². The average Bonchev–Trinajstić information content (AvgIpc) is 3.08. The van der Waals surface area contributed by atoms with E-state index in [1.54, 1.807) is 41.3 Å². The third-order valence-electron chi connectivity index (χ3n) is 4.55. The minimum Gasteiger partial charge on any atom is -0.493 e. The van der Waals surface area contributed by atoms with E-state index in [-0.39, 0.29) is 24.8 Å². The van der Waals surface area contributed by atoms with Gasteiger partial charge in [-0.3, -0.25) is 9.59 Å². The lowest BCUT2D eigenvalue weighted by atomic mass is 10.1. The molecule has 1 aliphatic heterocycles. The van der Waals surface area contributed by atoms with Gasteiger partial charge in [0.25, 0.3) is 0 Å². The summed E-state index contributed by atoms with van der Waals surface area (Å²) in [6.07, 6.45) is 0.114. The molecule has 7 nitrogen and oxygen atoms in total. The number of ether oxygens (including phenoxy) is 3. The van der Waals surface area contributed by atoms with Crippen LogP contribution in [0.5, 0.6) is 17.2 Å². The van der Waals surface area contributed by atoms with Crippen LogP contribution in [0.3, 0.4) is 0 Å². The number of amides is 2. The largest absolute Gasteiger partial charge is 0.493 e. The number of methoxy groups -OCH3 is 3. The van der Waals surface area contributed by atoms with Crippen LogP contribution in [0.4, 0.5) is 11.4 Å². The number of nitrogens with one attached hydrogen (secondary N) is 1. The standard InChI is InChI=1S/C20H21ClN2O5/c1-26-16-9-15(10-17(27-2)19(16)28-3)23-11-12(7-18(23)24)20(25)22-14-6-4-5-13(21)8-14/h4-6,8-10,12H,7,11H2,1-3H3,(H,22,25)/t12-/m0/s1. The van der Waals surface area contributed by atoms with Crippen LogP contribution in [0.25, 0.3) is 0 Å². The summed E-state index contributed by atoms with van der Waals surface area (Å²) in [6.45, 7) is 0.254. The molecule has 148 valence electrons. The Morgan fingerprint density at radius 2 is 1.79 bits per heavy atom. The molecule has 2 amide bonds. The number of anilines is 2. The maximum atomic E-state index is 12.6. The van der Waals surface area contributed by atoms with Crippen molar-refractivity contribution in [2.45, 2.75) is 6.42 Å². The maximum Gasteiger partial charge on any atom is 0.229 e. The summed E-state index contributed by atoms with van der Waals surface area (Å²) in [4.78, 5) is 26.7. The molecule has 28 heavy (non-hydrogen) atoms. The van der Waals surface area contributed by atoms with Crippen molar-refractivity contribution in [2.24, 2.45) is 5.92 Å². The highest BCUT2D eigenvalue weighted by Crippen LogP contribution is 2.42. The number of halogens is 1. The van der Waals surface area contributed by atoms with Crippen LogP contribution in [0.2, 0.25) is 5.02 Å². The predicted octanol–water partition coefficient (Wildman–Crippen LogP) is 3.36. The molecule has 0 aliphatic carbocycles. The molecule has 8 heteroatoms. The maximum absolute atomic E-state index is 12.6. The summed E-state index contributed by atoms with van der Waals surface area (Å²) >= 11 is 5.95. The summed E-state index contributed by atoms with van der Waals surface area (Å²) < 4.78 is 16.0. The third kappa shape index (κ3) is 3.99. The molecule has 0 saturated carbocycles. The topological polar surface area (TPSA) is 77.1 Å². The van der Waals surface area contributed by atoms with E-state index < -0.39 is 5.92 Å². The van der Waals surface area contributed by atoms with Gasteiger partial charge in [-0.25, -0.2) is 0 Å². The van der Waals surface area contributed by atoms with E-state index in [0.29, 0.717) is 33.6 Å². The van der Waals surface area contributed by atoms with Crippen molar-refractivity contribution >= 4 is 34.8 Å². The number of carbonyl (C=O) groups is 2. The molecule has 0 unspecified atom stereocenters. The van der Waals surface area contributed by atoms with Crippen LogP contribution in [-0.4, -0.2) is 39.7 Å². The molecule has 1 atom stereocenters. The van der Waals surface area contributed by atoms with Crippen LogP contribution in [-0.2, 0) is 9.59 Å². The van der Waals surface area contributed by atoms with Crippen molar-refractivity contribution < 1.29 is 23.8 Å². The number of hydrogen-bond donors (Lipinski definition) is 1. The van der Waals surface area contributed by atoms with E-state index in [1.165, 1.54) is 21.3 Å². The first kappa shape index (κ1) is 19.8. The fourth-order valence-corrected chi connectivity index (χ4v) is 3.36. The molecule has 0 radical (unpaired) electrons. The van der Waals surface area contributed by atoms with Gasteiger partial charge in [0.05, 0.1) is 32.9 Å². The Labute approximate surface area is 168 Å². The molecule has 1 aliphatic rings. The van der Waals surface area contributed by atoms with Crippen LogP contribution in [0, 0.1) is 5.92 Å². The lowest BCUT2D eigenvalue weighted by Crippen LogP contribution is -2.28. The number of rotatable bonds is 6. The quantitative estimate of drug-likeness (QED) is 0.798. The second-order valence-electron chi connectivity index (χ2n) is 6.29. The minimum absolute atomic E-state index is 0.114. The van der Waals surface area contributed by atoms with Crippen molar-refractivity contribution in [3.8, 4) is 17.2 Å². The van der Waals surface area contributed by atoms with Gasteiger partial charge >= 0.3 is 0 Å². The molecule has 1 fully saturated rings. The van der Waals surface area contributed by atoms with Gasteiger partial charge in [-0.1, -0.05) is 17.7 Å².